The van der Waals surface area contributed by atoms with Crippen LogP contribution in [0.5, 0.6) is 0 Å². The maximum Gasteiger partial charge on any atom is 0.417 e. The number of hydrogen-bond donors (Lipinski definition) is 1. The zero-order valence-corrected chi connectivity index (χ0v) is 19.2. The van der Waals surface area contributed by atoms with Crippen molar-refractivity contribution in [2.24, 2.45) is 0 Å². The van der Waals surface area contributed by atoms with E-state index >= 15 is 0 Å². The molecule has 0 saturated carbocycles. The van der Waals surface area contributed by atoms with Crippen molar-refractivity contribution in [1.29, 1.82) is 0 Å². The first-order valence-corrected chi connectivity index (χ1v) is 11.5. The fourth-order valence-corrected chi connectivity index (χ4v) is 3.99. The molecule has 4 aromatic rings. The van der Waals surface area contributed by atoms with E-state index in [0.29, 0.717) is 5.69 Å². The van der Waals surface area contributed by atoms with Gasteiger partial charge in [0.2, 0.25) is 0 Å². The summed E-state index contributed by atoms with van der Waals surface area (Å²) in [5.41, 5.74) is 0.838. The van der Waals surface area contributed by atoms with Gasteiger partial charge >= 0.3 is 6.18 Å². The first kappa shape index (κ1) is 23.1. The van der Waals surface area contributed by atoms with E-state index in [1.807, 2.05) is 54.8 Å². The SMILES string of the molecule is CSc1ccc(-c2ccc(-n3cc(C(C)(C)O)nc3-c3ccccc3C(F)(F)F)cc2)cc1. The molecule has 0 amide bonds. The summed E-state index contributed by atoms with van der Waals surface area (Å²) >= 11 is 1.67. The summed E-state index contributed by atoms with van der Waals surface area (Å²) in [5, 5.41) is 10.5. The second-order valence-corrected chi connectivity index (χ2v) is 9.08. The van der Waals surface area contributed by atoms with Gasteiger partial charge in [-0.3, -0.25) is 4.57 Å². The van der Waals surface area contributed by atoms with E-state index < -0.39 is 17.3 Å². The van der Waals surface area contributed by atoms with Crippen molar-refractivity contribution >= 4 is 11.8 Å². The third kappa shape index (κ3) is 4.84. The largest absolute Gasteiger partial charge is 0.417 e. The number of thioether (sulfide) groups is 1. The minimum absolute atomic E-state index is 0.0442. The van der Waals surface area contributed by atoms with Gasteiger partial charge in [-0.25, -0.2) is 4.98 Å². The second-order valence-electron chi connectivity index (χ2n) is 8.20. The van der Waals surface area contributed by atoms with Crippen LogP contribution in [0, 0.1) is 0 Å². The highest BCUT2D eigenvalue weighted by Crippen LogP contribution is 2.38. The van der Waals surface area contributed by atoms with Crippen molar-refractivity contribution in [3.8, 4) is 28.2 Å². The predicted molar refractivity (Wildman–Crippen MR) is 126 cm³/mol. The zero-order chi connectivity index (χ0) is 23.8. The number of halogens is 3. The van der Waals surface area contributed by atoms with Crippen molar-refractivity contribution in [2.75, 3.05) is 6.26 Å². The van der Waals surface area contributed by atoms with Crippen molar-refractivity contribution < 1.29 is 18.3 Å². The molecule has 33 heavy (non-hydrogen) atoms. The molecule has 170 valence electrons. The molecule has 0 aliphatic heterocycles. The predicted octanol–water partition coefficient (Wildman–Crippen LogP) is 7.17. The average molecular weight is 469 g/mol. The van der Waals surface area contributed by atoms with Gasteiger partial charge in [-0.1, -0.05) is 42.5 Å². The zero-order valence-electron chi connectivity index (χ0n) is 18.4. The maximum atomic E-state index is 13.7. The fraction of sp³-hybridized carbons (Fsp3) is 0.192. The number of imidazole rings is 1. The highest BCUT2D eigenvalue weighted by Gasteiger charge is 2.35. The highest BCUT2D eigenvalue weighted by molar-refractivity contribution is 7.98. The standard InChI is InChI=1S/C26H23F3N2OS/c1-25(2,32)23-16-31(24(30-23)21-6-4-5-7-22(21)26(27,28)29)19-12-8-17(9-13-19)18-10-14-20(33-3)15-11-18/h4-16,32H,1-3H3. The molecular formula is C26H23F3N2OS. The molecule has 1 N–H and O–H groups in total. The molecule has 7 heteroatoms. The molecule has 0 bridgehead atoms. The number of aliphatic hydroxyl groups is 1. The quantitative estimate of drug-likeness (QED) is 0.316. The van der Waals surface area contributed by atoms with Crippen LogP contribution in [0.15, 0.2) is 83.9 Å². The van der Waals surface area contributed by atoms with Crippen LogP contribution in [0.4, 0.5) is 13.2 Å². The van der Waals surface area contributed by atoms with Crippen molar-refractivity contribution in [3.63, 3.8) is 0 Å². The normalized spacial score (nSPS) is 12.2. The highest BCUT2D eigenvalue weighted by atomic mass is 32.2. The summed E-state index contributed by atoms with van der Waals surface area (Å²) in [6, 6.07) is 21.0. The summed E-state index contributed by atoms with van der Waals surface area (Å²) in [6.45, 7) is 3.11. The molecule has 0 atom stereocenters. The number of nitrogens with zero attached hydrogens (tertiary/aromatic N) is 2. The first-order valence-electron chi connectivity index (χ1n) is 10.3. The molecule has 0 unspecified atom stereocenters. The van der Waals surface area contributed by atoms with E-state index in [4.69, 9.17) is 0 Å². The van der Waals surface area contributed by atoms with Gasteiger partial charge in [-0.2, -0.15) is 13.2 Å². The Morgan fingerprint density at radius 2 is 1.42 bits per heavy atom. The van der Waals surface area contributed by atoms with E-state index in [-0.39, 0.29) is 17.1 Å². The van der Waals surface area contributed by atoms with Crippen LogP contribution in [-0.2, 0) is 11.8 Å². The lowest BCUT2D eigenvalue weighted by Crippen LogP contribution is -2.15. The van der Waals surface area contributed by atoms with Crippen LogP contribution in [-0.4, -0.2) is 20.9 Å². The molecule has 0 saturated heterocycles. The van der Waals surface area contributed by atoms with E-state index in [2.05, 4.69) is 4.98 Å². The topological polar surface area (TPSA) is 38.0 Å². The van der Waals surface area contributed by atoms with Crippen LogP contribution < -0.4 is 0 Å². The van der Waals surface area contributed by atoms with Crippen LogP contribution in [0.1, 0.15) is 25.1 Å². The lowest BCUT2D eigenvalue weighted by molar-refractivity contribution is -0.137. The van der Waals surface area contributed by atoms with Gasteiger partial charge in [-0.05, 0) is 61.6 Å². The number of benzene rings is 3. The molecule has 4 rings (SSSR count). The Balaban J connectivity index is 1.82. The fourth-order valence-electron chi connectivity index (χ4n) is 3.59. The van der Waals surface area contributed by atoms with Crippen molar-refractivity contribution in [1.82, 2.24) is 9.55 Å². The third-order valence-electron chi connectivity index (χ3n) is 5.37. The molecule has 0 spiro atoms. The lowest BCUT2D eigenvalue weighted by atomic mass is 10.0. The van der Waals surface area contributed by atoms with Crippen molar-refractivity contribution in [3.05, 3.63) is 90.3 Å². The number of hydrogen-bond acceptors (Lipinski definition) is 3. The molecule has 1 heterocycles. The first-order chi connectivity index (χ1) is 15.6. The molecule has 0 aliphatic rings. The average Bonchev–Trinajstić information content (AvgIpc) is 3.25. The minimum Gasteiger partial charge on any atom is -0.384 e. The Labute approximate surface area is 194 Å². The van der Waals surface area contributed by atoms with Gasteiger partial charge in [0.1, 0.15) is 11.4 Å². The monoisotopic (exact) mass is 468 g/mol. The van der Waals surface area contributed by atoms with E-state index in [9.17, 15) is 18.3 Å². The van der Waals surface area contributed by atoms with Crippen LogP contribution in [0.3, 0.4) is 0 Å². The maximum absolute atomic E-state index is 13.7. The molecule has 0 fully saturated rings. The Bertz CT molecular complexity index is 1250. The summed E-state index contributed by atoms with van der Waals surface area (Å²) in [4.78, 5) is 5.58. The summed E-state index contributed by atoms with van der Waals surface area (Å²) < 4.78 is 42.7. The Morgan fingerprint density at radius 1 is 0.848 bits per heavy atom. The van der Waals surface area contributed by atoms with E-state index in [1.165, 1.54) is 17.0 Å². The van der Waals surface area contributed by atoms with Gasteiger partial charge in [0.25, 0.3) is 0 Å². The summed E-state index contributed by atoms with van der Waals surface area (Å²) in [7, 11) is 0. The molecule has 0 aliphatic carbocycles. The lowest BCUT2D eigenvalue weighted by Gasteiger charge is -2.14. The van der Waals surface area contributed by atoms with E-state index in [1.54, 1.807) is 42.4 Å². The molecule has 3 nitrogen and oxygen atoms in total. The minimum atomic E-state index is -4.53. The summed E-state index contributed by atoms with van der Waals surface area (Å²) in [6.07, 6.45) is -0.925. The van der Waals surface area contributed by atoms with E-state index in [0.717, 1.165) is 17.2 Å². The van der Waals surface area contributed by atoms with Crippen LogP contribution in [0.2, 0.25) is 0 Å². The van der Waals surface area contributed by atoms with Crippen LogP contribution >= 0.6 is 11.8 Å². The Kier molecular flexibility index (Phi) is 6.12. The Hall–Kier alpha value is -3.03. The van der Waals surface area contributed by atoms with Gasteiger partial charge in [-0.15, -0.1) is 11.8 Å². The summed E-state index contributed by atoms with van der Waals surface area (Å²) in [5.74, 6) is 0.122. The van der Waals surface area contributed by atoms with Gasteiger partial charge in [0.05, 0.1) is 11.3 Å². The van der Waals surface area contributed by atoms with Gasteiger partial charge in [0.15, 0.2) is 0 Å². The molecule has 3 aromatic carbocycles. The van der Waals surface area contributed by atoms with Crippen molar-refractivity contribution in [2.45, 2.75) is 30.5 Å². The van der Waals surface area contributed by atoms with Crippen LogP contribution in [0.25, 0.3) is 28.2 Å². The third-order valence-corrected chi connectivity index (χ3v) is 6.12. The second kappa shape index (κ2) is 8.72. The molecular weight excluding hydrogens is 445 g/mol. The molecule has 0 radical (unpaired) electrons. The Morgan fingerprint density at radius 3 is 1.97 bits per heavy atom. The molecule has 1 aromatic heterocycles. The smallest absolute Gasteiger partial charge is 0.384 e. The van der Waals surface area contributed by atoms with Gasteiger partial charge in [0, 0.05) is 22.3 Å². The number of aromatic nitrogens is 2. The number of alkyl halides is 3. The van der Waals surface area contributed by atoms with Gasteiger partial charge < -0.3 is 5.11 Å². The number of rotatable bonds is 5.